The Morgan fingerprint density at radius 2 is 1.53 bits per heavy atom. The van der Waals surface area contributed by atoms with Gasteiger partial charge in [-0.05, 0) is 18.2 Å². The lowest BCUT2D eigenvalue weighted by Crippen LogP contribution is -1.83. The monoisotopic (exact) mass is 221 g/mol. The Morgan fingerprint density at radius 1 is 0.824 bits per heavy atom. The van der Waals surface area contributed by atoms with Gasteiger partial charge < -0.3 is 0 Å². The first kappa shape index (κ1) is 10.0. The molecule has 1 heterocycles. The van der Waals surface area contributed by atoms with Crippen LogP contribution in [0.5, 0.6) is 0 Å². The zero-order chi connectivity index (χ0) is 11.7. The van der Waals surface area contributed by atoms with Crippen molar-refractivity contribution < 1.29 is 4.42 Å². The average molecular weight is 221 g/mol. The summed E-state index contributed by atoms with van der Waals surface area (Å²) in [7, 11) is 0. The van der Waals surface area contributed by atoms with E-state index in [0.29, 0.717) is 0 Å². The molecule has 0 saturated heterocycles. The van der Waals surface area contributed by atoms with E-state index in [4.69, 9.17) is 4.42 Å². The minimum atomic E-state index is 0.933. The normalized spacial score (nSPS) is 10.6. The van der Waals surface area contributed by atoms with Gasteiger partial charge in [0.2, 0.25) is 0 Å². The Morgan fingerprint density at radius 3 is 2.35 bits per heavy atom. The average Bonchev–Trinajstić information content (AvgIpc) is 2.39. The largest absolute Gasteiger partial charge is 0.367 e. The molecule has 2 aromatic carbocycles. The first-order valence-electron chi connectivity index (χ1n) is 5.72. The van der Waals surface area contributed by atoms with Gasteiger partial charge in [0, 0.05) is 11.5 Å². The number of hydrogen-bond acceptors (Lipinski definition) is 0. The molecule has 17 heavy (non-hydrogen) atoms. The molecule has 0 radical (unpaired) electrons. The van der Waals surface area contributed by atoms with Crippen molar-refractivity contribution in [2.24, 2.45) is 0 Å². The fourth-order valence-electron chi connectivity index (χ4n) is 2.10. The van der Waals surface area contributed by atoms with Gasteiger partial charge in [0.05, 0.1) is 17.9 Å². The van der Waals surface area contributed by atoms with Gasteiger partial charge in [-0.3, -0.25) is 0 Å². The first-order valence-corrected chi connectivity index (χ1v) is 5.72. The van der Waals surface area contributed by atoms with E-state index in [1.54, 1.807) is 0 Å². The van der Waals surface area contributed by atoms with Gasteiger partial charge in [-0.1, -0.05) is 36.4 Å². The van der Waals surface area contributed by atoms with E-state index >= 15 is 0 Å². The minimum Gasteiger partial charge on any atom is -0.212 e. The van der Waals surface area contributed by atoms with Crippen molar-refractivity contribution in [3.8, 4) is 11.3 Å². The maximum Gasteiger partial charge on any atom is 0.367 e. The van der Waals surface area contributed by atoms with E-state index in [9.17, 15) is 0 Å². The molecular formula is C16H13O+. The summed E-state index contributed by atoms with van der Waals surface area (Å²) in [5.41, 5.74) is 1.12. The molecule has 1 nitrogen and oxygen atoms in total. The van der Waals surface area contributed by atoms with Crippen LogP contribution in [0.3, 0.4) is 0 Å². The third-order valence-corrected chi connectivity index (χ3v) is 2.86. The van der Waals surface area contributed by atoms with Crippen LogP contribution in [-0.2, 0) is 0 Å². The SMILES string of the molecule is Cc1cc2ccccc2c(-c2ccccc2)[o+]1. The van der Waals surface area contributed by atoms with E-state index in [1.807, 2.05) is 31.2 Å². The van der Waals surface area contributed by atoms with Crippen molar-refractivity contribution in [1.82, 2.24) is 0 Å². The Balaban J connectivity index is 2.36. The molecule has 82 valence electrons. The van der Waals surface area contributed by atoms with Gasteiger partial charge in [0.15, 0.2) is 0 Å². The molecule has 3 rings (SSSR count). The molecule has 3 aromatic rings. The molecule has 0 spiro atoms. The van der Waals surface area contributed by atoms with E-state index in [0.717, 1.165) is 22.5 Å². The van der Waals surface area contributed by atoms with Gasteiger partial charge in [0.25, 0.3) is 0 Å². The van der Waals surface area contributed by atoms with Crippen molar-refractivity contribution in [3.05, 3.63) is 66.4 Å². The first-order chi connectivity index (χ1) is 8.34. The molecule has 0 fully saturated rings. The van der Waals surface area contributed by atoms with Crippen molar-refractivity contribution in [2.75, 3.05) is 0 Å². The van der Waals surface area contributed by atoms with Gasteiger partial charge in [0.1, 0.15) is 0 Å². The minimum absolute atomic E-state index is 0.933. The van der Waals surface area contributed by atoms with Crippen LogP contribution in [0.25, 0.3) is 22.1 Å². The smallest absolute Gasteiger partial charge is 0.212 e. The Hall–Kier alpha value is -2.15. The number of fused-ring (bicyclic) bond motifs is 1. The number of aryl methyl sites for hydroxylation is 1. The maximum absolute atomic E-state index is 5.88. The van der Waals surface area contributed by atoms with E-state index in [-0.39, 0.29) is 0 Å². The summed E-state index contributed by atoms with van der Waals surface area (Å²) < 4.78 is 5.88. The van der Waals surface area contributed by atoms with Gasteiger partial charge in [-0.15, -0.1) is 0 Å². The lowest BCUT2D eigenvalue weighted by molar-refractivity contribution is 0.538. The number of rotatable bonds is 1. The van der Waals surface area contributed by atoms with Crippen LogP contribution in [0.2, 0.25) is 0 Å². The highest BCUT2D eigenvalue weighted by Crippen LogP contribution is 2.29. The summed E-state index contributed by atoms with van der Waals surface area (Å²) >= 11 is 0. The highest BCUT2D eigenvalue weighted by molar-refractivity contribution is 5.93. The molecule has 0 atom stereocenters. The molecule has 0 aliphatic carbocycles. The fraction of sp³-hybridized carbons (Fsp3) is 0.0625. The third kappa shape index (κ3) is 1.80. The predicted molar refractivity (Wildman–Crippen MR) is 70.8 cm³/mol. The number of hydrogen-bond donors (Lipinski definition) is 0. The predicted octanol–water partition coefficient (Wildman–Crippen LogP) is 4.69. The molecule has 0 amide bonds. The molecule has 1 aromatic heterocycles. The standard InChI is InChI=1S/C16H13O/c1-12-11-14-9-5-6-10-15(14)16(17-12)13-7-3-2-4-8-13/h2-11H,1H3/q+1. The van der Waals surface area contributed by atoms with Gasteiger partial charge in [-0.2, -0.15) is 0 Å². The van der Waals surface area contributed by atoms with E-state index < -0.39 is 0 Å². The highest BCUT2D eigenvalue weighted by Gasteiger charge is 2.17. The van der Waals surface area contributed by atoms with Crippen molar-refractivity contribution >= 4 is 10.8 Å². The highest BCUT2D eigenvalue weighted by atomic mass is 16.3. The summed E-state index contributed by atoms with van der Waals surface area (Å²) in [5.74, 6) is 1.88. The lowest BCUT2D eigenvalue weighted by Gasteiger charge is -1.97. The second kappa shape index (κ2) is 4.02. The van der Waals surface area contributed by atoms with Crippen LogP contribution < -0.4 is 0 Å². The maximum atomic E-state index is 5.88. The summed E-state index contributed by atoms with van der Waals surface area (Å²) in [5, 5.41) is 2.37. The Bertz CT molecular complexity index is 657. The van der Waals surface area contributed by atoms with Crippen LogP contribution in [0.15, 0.2) is 65.1 Å². The van der Waals surface area contributed by atoms with Crippen LogP contribution in [0.1, 0.15) is 5.76 Å². The zero-order valence-corrected chi connectivity index (χ0v) is 9.68. The van der Waals surface area contributed by atoms with Crippen molar-refractivity contribution in [3.63, 3.8) is 0 Å². The van der Waals surface area contributed by atoms with Crippen LogP contribution in [0.4, 0.5) is 0 Å². The topological polar surface area (TPSA) is 11.3 Å². The third-order valence-electron chi connectivity index (χ3n) is 2.86. The molecule has 0 unspecified atom stereocenters. The number of benzene rings is 2. The van der Waals surface area contributed by atoms with Crippen molar-refractivity contribution in [2.45, 2.75) is 6.92 Å². The second-order valence-corrected chi connectivity index (χ2v) is 4.14. The van der Waals surface area contributed by atoms with Crippen LogP contribution in [-0.4, -0.2) is 0 Å². The Kier molecular flexibility index (Phi) is 2.37. The fourth-order valence-corrected chi connectivity index (χ4v) is 2.10. The van der Waals surface area contributed by atoms with Crippen LogP contribution in [0, 0.1) is 6.92 Å². The molecular weight excluding hydrogens is 208 g/mol. The summed E-state index contributed by atoms with van der Waals surface area (Å²) in [6.07, 6.45) is 0. The summed E-state index contributed by atoms with van der Waals surface area (Å²) in [4.78, 5) is 0. The zero-order valence-electron chi connectivity index (χ0n) is 9.68. The van der Waals surface area contributed by atoms with Gasteiger partial charge >= 0.3 is 11.5 Å². The van der Waals surface area contributed by atoms with Crippen LogP contribution >= 0.6 is 0 Å². The van der Waals surface area contributed by atoms with E-state index in [2.05, 4.69) is 36.4 Å². The van der Waals surface area contributed by atoms with E-state index in [1.165, 1.54) is 5.39 Å². The summed E-state index contributed by atoms with van der Waals surface area (Å²) in [6.45, 7) is 1.98. The van der Waals surface area contributed by atoms with Crippen molar-refractivity contribution in [1.29, 1.82) is 0 Å². The molecule has 0 aliphatic heterocycles. The molecule has 0 aliphatic rings. The molecule has 1 heteroatoms. The Labute approximate surface area is 100 Å². The molecule has 0 N–H and O–H groups in total. The summed E-state index contributed by atoms with van der Waals surface area (Å²) in [6, 6.07) is 20.6. The lowest BCUT2D eigenvalue weighted by atomic mass is 10.1. The van der Waals surface area contributed by atoms with Gasteiger partial charge in [-0.25, -0.2) is 4.42 Å². The quantitative estimate of drug-likeness (QED) is 0.542. The second-order valence-electron chi connectivity index (χ2n) is 4.14. The molecule has 0 bridgehead atoms. The molecule has 0 saturated carbocycles.